The molecule has 1 amide bonds. The number of para-hydroxylation sites is 1. The van der Waals surface area contributed by atoms with Crippen molar-refractivity contribution in [1.82, 2.24) is 4.90 Å². The third kappa shape index (κ3) is 4.20. The number of carbonyl (C=O) groups excluding carboxylic acids is 1. The predicted molar refractivity (Wildman–Crippen MR) is 81.0 cm³/mol. The summed E-state index contributed by atoms with van der Waals surface area (Å²) in [7, 11) is -3.01. The molecule has 1 atom stereocenters. The van der Waals surface area contributed by atoms with Gasteiger partial charge in [0, 0.05) is 19.3 Å². The molecule has 0 aromatic heterocycles. The molecular weight excluding hydrogens is 290 g/mol. The summed E-state index contributed by atoms with van der Waals surface area (Å²) in [5.74, 6) is 0.565. The highest BCUT2D eigenvalue weighted by molar-refractivity contribution is 7.91. The minimum Gasteiger partial charge on any atom is -0.481 e. The van der Waals surface area contributed by atoms with Crippen molar-refractivity contribution in [3.63, 3.8) is 0 Å². The third-order valence-corrected chi connectivity index (χ3v) is 5.45. The van der Waals surface area contributed by atoms with Crippen LogP contribution in [0.1, 0.15) is 19.8 Å². The zero-order chi connectivity index (χ0) is 15.5. The Morgan fingerprint density at radius 1 is 1.24 bits per heavy atom. The molecular formula is C15H21NO4S. The molecule has 0 N–H and O–H groups in total. The Morgan fingerprint density at radius 3 is 2.33 bits per heavy atom. The van der Waals surface area contributed by atoms with E-state index in [0.29, 0.717) is 31.7 Å². The van der Waals surface area contributed by atoms with E-state index in [4.69, 9.17) is 4.74 Å². The van der Waals surface area contributed by atoms with Crippen molar-refractivity contribution in [3.8, 4) is 5.75 Å². The number of hydrogen-bond donors (Lipinski definition) is 0. The van der Waals surface area contributed by atoms with Crippen LogP contribution < -0.4 is 4.74 Å². The van der Waals surface area contributed by atoms with Gasteiger partial charge in [-0.05, 0) is 31.9 Å². The van der Waals surface area contributed by atoms with Crippen LogP contribution >= 0.6 is 0 Å². The van der Waals surface area contributed by atoms with Gasteiger partial charge in [-0.1, -0.05) is 18.2 Å². The van der Waals surface area contributed by atoms with Gasteiger partial charge in [-0.15, -0.1) is 0 Å². The molecule has 116 valence electrons. The minimum absolute atomic E-state index is 0.0918. The second-order valence-corrected chi connectivity index (χ2v) is 7.75. The highest BCUT2D eigenvalue weighted by Crippen LogP contribution is 2.19. The first-order chi connectivity index (χ1) is 9.88. The number of ether oxygens (including phenoxy) is 1. The van der Waals surface area contributed by atoms with Gasteiger partial charge in [0.25, 0.3) is 5.91 Å². The van der Waals surface area contributed by atoms with Crippen LogP contribution in [0.4, 0.5) is 0 Å². The molecule has 5 nitrogen and oxygen atoms in total. The monoisotopic (exact) mass is 311 g/mol. The SMILES string of the molecule is C[C@@H](Oc1ccccc1)C(=O)N1CCC(S(C)(=O)=O)CC1. The van der Waals surface area contributed by atoms with Gasteiger partial charge in [-0.2, -0.15) is 0 Å². The zero-order valence-electron chi connectivity index (χ0n) is 12.4. The van der Waals surface area contributed by atoms with Crippen LogP contribution in [0.25, 0.3) is 0 Å². The van der Waals surface area contributed by atoms with Gasteiger partial charge < -0.3 is 9.64 Å². The number of nitrogens with zero attached hydrogens (tertiary/aromatic N) is 1. The fourth-order valence-electron chi connectivity index (χ4n) is 2.52. The zero-order valence-corrected chi connectivity index (χ0v) is 13.2. The van der Waals surface area contributed by atoms with E-state index >= 15 is 0 Å². The molecule has 1 aliphatic rings. The molecule has 0 aliphatic carbocycles. The molecule has 0 bridgehead atoms. The lowest BCUT2D eigenvalue weighted by atomic mass is 10.1. The van der Waals surface area contributed by atoms with Crippen molar-refractivity contribution >= 4 is 15.7 Å². The van der Waals surface area contributed by atoms with Crippen LogP contribution in [-0.4, -0.2) is 49.9 Å². The maximum absolute atomic E-state index is 12.3. The van der Waals surface area contributed by atoms with E-state index in [9.17, 15) is 13.2 Å². The Morgan fingerprint density at radius 2 is 1.81 bits per heavy atom. The minimum atomic E-state index is -3.01. The number of hydrogen-bond acceptors (Lipinski definition) is 4. The molecule has 2 rings (SSSR count). The number of benzene rings is 1. The largest absolute Gasteiger partial charge is 0.481 e. The quantitative estimate of drug-likeness (QED) is 0.845. The van der Waals surface area contributed by atoms with Crippen molar-refractivity contribution in [2.45, 2.75) is 31.1 Å². The first-order valence-corrected chi connectivity index (χ1v) is 9.03. The van der Waals surface area contributed by atoms with Crippen molar-refractivity contribution in [3.05, 3.63) is 30.3 Å². The predicted octanol–water partition coefficient (Wildman–Crippen LogP) is 1.49. The van der Waals surface area contributed by atoms with Gasteiger partial charge in [0.05, 0.1) is 5.25 Å². The highest BCUT2D eigenvalue weighted by atomic mass is 32.2. The molecule has 1 heterocycles. The lowest BCUT2D eigenvalue weighted by Gasteiger charge is -2.32. The van der Waals surface area contributed by atoms with Gasteiger partial charge in [0.15, 0.2) is 6.10 Å². The molecule has 1 aromatic rings. The lowest BCUT2D eigenvalue weighted by Crippen LogP contribution is -2.47. The maximum Gasteiger partial charge on any atom is 0.263 e. The average molecular weight is 311 g/mol. The summed E-state index contributed by atoms with van der Waals surface area (Å²) in [5.41, 5.74) is 0. The molecule has 0 unspecified atom stereocenters. The molecule has 0 spiro atoms. The molecule has 1 saturated heterocycles. The van der Waals surface area contributed by atoms with Gasteiger partial charge in [-0.3, -0.25) is 4.79 Å². The first-order valence-electron chi connectivity index (χ1n) is 7.07. The Bertz CT molecular complexity index is 577. The van der Waals surface area contributed by atoms with Crippen LogP contribution in [0.2, 0.25) is 0 Å². The van der Waals surface area contributed by atoms with Gasteiger partial charge in [-0.25, -0.2) is 8.42 Å². The molecule has 0 radical (unpaired) electrons. The maximum atomic E-state index is 12.3. The normalized spacial score (nSPS) is 18.3. The summed E-state index contributed by atoms with van der Waals surface area (Å²) < 4.78 is 28.6. The van der Waals surface area contributed by atoms with Crippen LogP contribution in [0.5, 0.6) is 5.75 Å². The Kier molecular flexibility index (Phi) is 4.88. The molecule has 1 aliphatic heterocycles. The lowest BCUT2D eigenvalue weighted by molar-refractivity contribution is -0.138. The number of sulfone groups is 1. The molecule has 1 aromatic carbocycles. The van der Waals surface area contributed by atoms with E-state index in [2.05, 4.69) is 0 Å². The highest BCUT2D eigenvalue weighted by Gasteiger charge is 2.30. The smallest absolute Gasteiger partial charge is 0.263 e. The Hall–Kier alpha value is -1.56. The van der Waals surface area contributed by atoms with Crippen LogP contribution in [0, 0.1) is 0 Å². The third-order valence-electron chi connectivity index (χ3n) is 3.76. The Balaban J connectivity index is 1.90. The van der Waals surface area contributed by atoms with Crippen molar-refractivity contribution in [1.29, 1.82) is 0 Å². The van der Waals surface area contributed by atoms with E-state index < -0.39 is 15.9 Å². The molecule has 1 fully saturated rings. The standard InChI is InChI=1S/C15H21NO4S/c1-12(20-13-6-4-3-5-7-13)15(17)16-10-8-14(9-11-16)21(2,18)19/h3-7,12,14H,8-11H2,1-2H3/t12-/m1/s1. The summed E-state index contributed by atoms with van der Waals surface area (Å²) in [6.45, 7) is 2.66. The number of piperidine rings is 1. The molecule has 6 heteroatoms. The van der Waals surface area contributed by atoms with E-state index in [1.54, 1.807) is 24.0 Å². The number of amides is 1. The number of carbonyl (C=O) groups is 1. The fraction of sp³-hybridized carbons (Fsp3) is 0.533. The number of rotatable bonds is 4. The second-order valence-electron chi connectivity index (χ2n) is 5.43. The van der Waals surface area contributed by atoms with Crippen LogP contribution in [-0.2, 0) is 14.6 Å². The second kappa shape index (κ2) is 6.47. The summed E-state index contributed by atoms with van der Waals surface area (Å²) >= 11 is 0. The van der Waals surface area contributed by atoms with Crippen molar-refractivity contribution in [2.75, 3.05) is 19.3 Å². The van der Waals surface area contributed by atoms with E-state index in [1.165, 1.54) is 6.26 Å². The Labute approximate surface area is 125 Å². The van der Waals surface area contributed by atoms with E-state index in [1.807, 2.05) is 18.2 Å². The summed E-state index contributed by atoms with van der Waals surface area (Å²) in [4.78, 5) is 14.0. The molecule has 21 heavy (non-hydrogen) atoms. The average Bonchev–Trinajstić information content (AvgIpc) is 2.46. The van der Waals surface area contributed by atoms with Crippen molar-refractivity contribution in [2.24, 2.45) is 0 Å². The van der Waals surface area contributed by atoms with Gasteiger partial charge in [0.1, 0.15) is 15.6 Å². The summed E-state index contributed by atoms with van der Waals surface area (Å²) in [5, 5.41) is -0.327. The van der Waals surface area contributed by atoms with Crippen LogP contribution in [0.3, 0.4) is 0 Å². The summed E-state index contributed by atoms with van der Waals surface area (Å²) in [6.07, 6.45) is 1.70. The topological polar surface area (TPSA) is 63.7 Å². The number of likely N-dealkylation sites (tertiary alicyclic amines) is 1. The van der Waals surface area contributed by atoms with Gasteiger partial charge in [0.2, 0.25) is 0 Å². The van der Waals surface area contributed by atoms with Crippen LogP contribution in [0.15, 0.2) is 30.3 Å². The van der Waals surface area contributed by atoms with Crippen molar-refractivity contribution < 1.29 is 17.9 Å². The fourth-order valence-corrected chi connectivity index (χ4v) is 3.58. The summed E-state index contributed by atoms with van der Waals surface area (Å²) in [6, 6.07) is 9.20. The van der Waals surface area contributed by atoms with Gasteiger partial charge >= 0.3 is 0 Å². The molecule has 0 saturated carbocycles. The van der Waals surface area contributed by atoms with E-state index in [0.717, 1.165) is 0 Å². The first kappa shape index (κ1) is 15.8. The van der Waals surface area contributed by atoms with E-state index in [-0.39, 0.29) is 11.2 Å².